The van der Waals surface area contributed by atoms with Crippen LogP contribution in [-0.4, -0.2) is 27.8 Å². The van der Waals surface area contributed by atoms with Gasteiger partial charge in [0.25, 0.3) is 5.91 Å². The quantitative estimate of drug-likeness (QED) is 0.819. The minimum atomic E-state index is -0.503. The van der Waals surface area contributed by atoms with Crippen LogP contribution >= 0.6 is 0 Å². The molecule has 5 nitrogen and oxygen atoms in total. The van der Waals surface area contributed by atoms with Crippen LogP contribution in [0.2, 0.25) is 0 Å². The molecule has 90 valence electrons. The summed E-state index contributed by atoms with van der Waals surface area (Å²) >= 11 is 0. The van der Waals surface area contributed by atoms with Crippen molar-refractivity contribution in [1.82, 2.24) is 15.1 Å². The van der Waals surface area contributed by atoms with E-state index in [9.17, 15) is 4.79 Å². The number of aryl methyl sites for hydroxylation is 1. The first-order chi connectivity index (χ1) is 7.52. The van der Waals surface area contributed by atoms with Gasteiger partial charge in [-0.05, 0) is 27.7 Å². The Morgan fingerprint density at radius 2 is 2.25 bits per heavy atom. The van der Waals surface area contributed by atoms with Gasteiger partial charge in [-0.2, -0.15) is 5.10 Å². The molecule has 5 heteroatoms. The zero-order chi connectivity index (χ0) is 12.1. The molecule has 0 aliphatic heterocycles. The molecule has 1 N–H and O–H groups in total. The Balaban J connectivity index is 2.50. The number of carbonyl (C=O) groups excluding carboxylic acids is 1. The van der Waals surface area contributed by atoms with Gasteiger partial charge in [0.15, 0.2) is 11.9 Å². The summed E-state index contributed by atoms with van der Waals surface area (Å²) in [6.45, 7) is 8.34. The Morgan fingerprint density at radius 1 is 1.56 bits per heavy atom. The van der Waals surface area contributed by atoms with Gasteiger partial charge >= 0.3 is 0 Å². The van der Waals surface area contributed by atoms with E-state index in [4.69, 9.17) is 4.74 Å². The predicted molar refractivity (Wildman–Crippen MR) is 61.3 cm³/mol. The van der Waals surface area contributed by atoms with Crippen molar-refractivity contribution >= 4 is 5.91 Å². The molecule has 16 heavy (non-hydrogen) atoms. The van der Waals surface area contributed by atoms with Gasteiger partial charge in [0.2, 0.25) is 0 Å². The van der Waals surface area contributed by atoms with E-state index >= 15 is 0 Å². The number of carbonyl (C=O) groups is 1. The van der Waals surface area contributed by atoms with Crippen molar-refractivity contribution in [1.29, 1.82) is 0 Å². The highest BCUT2D eigenvalue weighted by atomic mass is 16.5. The Bertz CT molecular complexity index is 347. The molecule has 1 rings (SSSR count). The molecule has 1 atom stereocenters. The van der Waals surface area contributed by atoms with Crippen LogP contribution in [0.15, 0.2) is 12.4 Å². The van der Waals surface area contributed by atoms with E-state index in [1.807, 2.05) is 20.8 Å². The Morgan fingerprint density at radius 3 is 2.75 bits per heavy atom. The first-order valence-corrected chi connectivity index (χ1v) is 5.52. The van der Waals surface area contributed by atoms with E-state index in [2.05, 4.69) is 10.4 Å². The van der Waals surface area contributed by atoms with Crippen LogP contribution in [0.5, 0.6) is 5.75 Å². The second-order valence-electron chi connectivity index (χ2n) is 3.96. The Labute approximate surface area is 95.8 Å². The number of rotatable bonds is 5. The molecule has 0 aliphatic rings. The predicted octanol–water partition coefficient (Wildman–Crippen LogP) is 1.19. The number of ether oxygens (including phenoxy) is 1. The van der Waals surface area contributed by atoms with Crippen molar-refractivity contribution in [3.05, 3.63) is 12.4 Å². The molecular formula is C11H19N3O2. The Hall–Kier alpha value is -1.52. The molecule has 0 aliphatic carbocycles. The molecule has 0 saturated carbocycles. The van der Waals surface area contributed by atoms with Crippen molar-refractivity contribution in [3.8, 4) is 5.75 Å². The fourth-order valence-corrected chi connectivity index (χ4v) is 1.24. The maximum absolute atomic E-state index is 11.6. The topological polar surface area (TPSA) is 56.1 Å². The van der Waals surface area contributed by atoms with Crippen molar-refractivity contribution in [2.24, 2.45) is 0 Å². The van der Waals surface area contributed by atoms with Gasteiger partial charge in [-0.3, -0.25) is 9.48 Å². The average Bonchev–Trinajstić information content (AvgIpc) is 2.64. The van der Waals surface area contributed by atoms with Crippen LogP contribution in [0.3, 0.4) is 0 Å². The van der Waals surface area contributed by atoms with Gasteiger partial charge < -0.3 is 10.1 Å². The lowest BCUT2D eigenvalue weighted by atomic mass is 10.3. The zero-order valence-corrected chi connectivity index (χ0v) is 10.2. The van der Waals surface area contributed by atoms with Crippen molar-refractivity contribution in [2.45, 2.75) is 46.4 Å². The lowest BCUT2D eigenvalue weighted by Gasteiger charge is -2.15. The highest BCUT2D eigenvalue weighted by Crippen LogP contribution is 2.10. The minimum Gasteiger partial charge on any atom is -0.478 e. The molecule has 1 unspecified atom stereocenters. The van der Waals surface area contributed by atoms with E-state index < -0.39 is 6.10 Å². The van der Waals surface area contributed by atoms with E-state index in [0.717, 1.165) is 6.54 Å². The standard InChI is InChI=1S/C11H19N3O2/c1-5-14-7-10(6-12-14)16-9(4)11(15)13-8(2)3/h6-9H,5H2,1-4H3,(H,13,15). The van der Waals surface area contributed by atoms with Crippen LogP contribution < -0.4 is 10.1 Å². The van der Waals surface area contributed by atoms with Gasteiger partial charge in [0, 0.05) is 12.6 Å². The van der Waals surface area contributed by atoms with Crippen molar-refractivity contribution in [3.63, 3.8) is 0 Å². The van der Waals surface area contributed by atoms with Gasteiger partial charge in [0.1, 0.15) is 0 Å². The highest BCUT2D eigenvalue weighted by Gasteiger charge is 2.15. The second-order valence-corrected chi connectivity index (χ2v) is 3.96. The lowest BCUT2D eigenvalue weighted by molar-refractivity contribution is -0.127. The molecule has 1 amide bonds. The fourth-order valence-electron chi connectivity index (χ4n) is 1.24. The number of amides is 1. The monoisotopic (exact) mass is 225 g/mol. The van der Waals surface area contributed by atoms with Crippen molar-refractivity contribution in [2.75, 3.05) is 0 Å². The average molecular weight is 225 g/mol. The summed E-state index contributed by atoms with van der Waals surface area (Å²) in [6.07, 6.45) is 2.89. The van der Waals surface area contributed by atoms with Crippen LogP contribution in [-0.2, 0) is 11.3 Å². The number of nitrogens with zero attached hydrogens (tertiary/aromatic N) is 2. The number of aromatic nitrogens is 2. The van der Waals surface area contributed by atoms with E-state index in [1.165, 1.54) is 0 Å². The molecule has 0 fully saturated rings. The number of hydrogen-bond donors (Lipinski definition) is 1. The maximum atomic E-state index is 11.6. The van der Waals surface area contributed by atoms with Crippen LogP contribution in [0.4, 0.5) is 0 Å². The van der Waals surface area contributed by atoms with Gasteiger partial charge in [-0.15, -0.1) is 0 Å². The summed E-state index contributed by atoms with van der Waals surface area (Å²) in [5.41, 5.74) is 0. The van der Waals surface area contributed by atoms with Crippen LogP contribution in [0.1, 0.15) is 27.7 Å². The molecule has 0 saturated heterocycles. The van der Waals surface area contributed by atoms with Gasteiger partial charge in [0.05, 0.1) is 12.4 Å². The zero-order valence-electron chi connectivity index (χ0n) is 10.2. The minimum absolute atomic E-state index is 0.112. The summed E-state index contributed by atoms with van der Waals surface area (Å²) in [6, 6.07) is 0.122. The molecular weight excluding hydrogens is 206 g/mol. The first-order valence-electron chi connectivity index (χ1n) is 5.52. The molecule has 0 spiro atoms. The second kappa shape index (κ2) is 5.53. The molecule has 0 radical (unpaired) electrons. The molecule has 1 aromatic heterocycles. The molecule has 1 heterocycles. The van der Waals surface area contributed by atoms with E-state index in [1.54, 1.807) is 24.0 Å². The third-order valence-electron chi connectivity index (χ3n) is 2.05. The lowest BCUT2D eigenvalue weighted by Crippen LogP contribution is -2.39. The summed E-state index contributed by atoms with van der Waals surface area (Å²) in [4.78, 5) is 11.6. The van der Waals surface area contributed by atoms with E-state index in [-0.39, 0.29) is 11.9 Å². The Kier molecular flexibility index (Phi) is 4.34. The summed E-state index contributed by atoms with van der Waals surface area (Å²) in [5.74, 6) is 0.507. The maximum Gasteiger partial charge on any atom is 0.260 e. The largest absolute Gasteiger partial charge is 0.478 e. The van der Waals surface area contributed by atoms with Crippen LogP contribution in [0.25, 0.3) is 0 Å². The summed E-state index contributed by atoms with van der Waals surface area (Å²) in [7, 11) is 0. The summed E-state index contributed by atoms with van der Waals surface area (Å²) in [5, 5.41) is 6.86. The molecule has 0 bridgehead atoms. The third kappa shape index (κ3) is 3.56. The third-order valence-corrected chi connectivity index (χ3v) is 2.05. The fraction of sp³-hybridized carbons (Fsp3) is 0.636. The molecule has 1 aromatic rings. The van der Waals surface area contributed by atoms with Gasteiger partial charge in [-0.25, -0.2) is 0 Å². The first kappa shape index (κ1) is 12.5. The van der Waals surface area contributed by atoms with Crippen molar-refractivity contribution < 1.29 is 9.53 Å². The van der Waals surface area contributed by atoms with E-state index in [0.29, 0.717) is 5.75 Å². The highest BCUT2D eigenvalue weighted by molar-refractivity contribution is 5.80. The SMILES string of the molecule is CCn1cc(OC(C)C(=O)NC(C)C)cn1. The summed E-state index contributed by atoms with van der Waals surface area (Å²) < 4.78 is 7.22. The number of nitrogens with one attached hydrogen (secondary N) is 1. The smallest absolute Gasteiger partial charge is 0.260 e. The van der Waals surface area contributed by atoms with Gasteiger partial charge in [-0.1, -0.05) is 0 Å². The normalized spacial score (nSPS) is 12.6. The molecule has 0 aromatic carbocycles. The number of hydrogen-bond acceptors (Lipinski definition) is 3. The van der Waals surface area contributed by atoms with Crippen LogP contribution in [0, 0.1) is 0 Å².